The molecule has 1 amide bonds. The van der Waals surface area contributed by atoms with Crippen LogP contribution >= 0.6 is 0 Å². The Kier molecular flexibility index (Phi) is 4.93. The summed E-state index contributed by atoms with van der Waals surface area (Å²) in [6.07, 6.45) is 0. The number of nitrogens with zero attached hydrogens (tertiary/aromatic N) is 2. The van der Waals surface area contributed by atoms with E-state index in [9.17, 15) is 9.59 Å². The highest BCUT2D eigenvalue weighted by Gasteiger charge is 2.44. The molecule has 4 aromatic rings. The van der Waals surface area contributed by atoms with Crippen molar-refractivity contribution in [2.75, 3.05) is 4.90 Å². The van der Waals surface area contributed by atoms with Gasteiger partial charge in [0, 0.05) is 5.69 Å². The van der Waals surface area contributed by atoms with Crippen LogP contribution in [0.5, 0.6) is 0 Å². The normalized spacial score (nSPS) is 15.5. The van der Waals surface area contributed by atoms with Crippen LogP contribution in [0, 0.1) is 20.8 Å². The Morgan fingerprint density at radius 3 is 2.30 bits per heavy atom. The highest BCUT2D eigenvalue weighted by Crippen LogP contribution is 2.41. The summed E-state index contributed by atoms with van der Waals surface area (Å²) in [5, 5.41) is 0.493. The van der Waals surface area contributed by atoms with Crippen molar-refractivity contribution >= 4 is 22.7 Å². The van der Waals surface area contributed by atoms with Crippen molar-refractivity contribution in [2.24, 2.45) is 0 Å². The predicted molar refractivity (Wildman–Crippen MR) is 130 cm³/mol. The molecule has 0 saturated carbocycles. The first-order valence-corrected chi connectivity index (χ1v) is 11.2. The summed E-state index contributed by atoms with van der Waals surface area (Å²) >= 11 is 0. The van der Waals surface area contributed by atoms with Gasteiger partial charge in [-0.2, -0.15) is 0 Å². The van der Waals surface area contributed by atoms with Gasteiger partial charge in [-0.25, -0.2) is 4.98 Å². The summed E-state index contributed by atoms with van der Waals surface area (Å²) in [6, 6.07) is 16.7. The van der Waals surface area contributed by atoms with Crippen molar-refractivity contribution in [2.45, 2.75) is 46.6 Å². The van der Waals surface area contributed by atoms with Crippen LogP contribution < -0.4 is 10.3 Å². The Hall–Kier alpha value is -3.73. The summed E-state index contributed by atoms with van der Waals surface area (Å²) in [7, 11) is 0. The number of hydrogen-bond donors (Lipinski definition) is 0. The van der Waals surface area contributed by atoms with Crippen LogP contribution in [0.25, 0.3) is 11.0 Å². The molecule has 2 aromatic heterocycles. The van der Waals surface area contributed by atoms with Crippen molar-refractivity contribution in [1.29, 1.82) is 0 Å². The fraction of sp³-hybridized carbons (Fsp3) is 0.250. The molecular weight excluding hydrogens is 412 g/mol. The number of amides is 1. The summed E-state index contributed by atoms with van der Waals surface area (Å²) in [5.41, 5.74) is 5.49. The standard InChI is InChI=1S/C28H26N2O3/c1-15(2)19-9-11-20(12-10-19)25-24-26(31)21-13-16(3)17(4)14-22(21)33-27(24)28(32)30(25)23-8-6-7-18(5)29-23/h6-15,25H,1-5H3. The molecule has 166 valence electrons. The molecule has 1 unspecified atom stereocenters. The van der Waals surface area contributed by atoms with Crippen LogP contribution in [0.4, 0.5) is 5.82 Å². The molecule has 0 fully saturated rings. The third kappa shape index (κ3) is 3.35. The van der Waals surface area contributed by atoms with Gasteiger partial charge < -0.3 is 4.42 Å². The minimum atomic E-state index is -0.606. The molecule has 0 aliphatic carbocycles. The SMILES string of the molecule is Cc1cccc(N2C(=O)c3oc4cc(C)c(C)cc4c(=O)c3C2c2ccc(C(C)C)cc2)n1. The molecule has 2 aromatic carbocycles. The number of benzene rings is 2. The second-order valence-corrected chi connectivity index (χ2v) is 9.14. The van der Waals surface area contributed by atoms with Crippen molar-refractivity contribution in [3.8, 4) is 0 Å². The first-order chi connectivity index (χ1) is 15.8. The van der Waals surface area contributed by atoms with Gasteiger partial charge in [0.2, 0.25) is 5.76 Å². The van der Waals surface area contributed by atoms with E-state index >= 15 is 0 Å². The lowest BCUT2D eigenvalue weighted by Crippen LogP contribution is -2.30. The molecule has 0 radical (unpaired) electrons. The molecule has 1 aliphatic heterocycles. The first-order valence-electron chi connectivity index (χ1n) is 11.2. The van der Waals surface area contributed by atoms with E-state index in [1.807, 2.05) is 57.2 Å². The van der Waals surface area contributed by atoms with Crippen LogP contribution in [0.3, 0.4) is 0 Å². The molecule has 0 spiro atoms. The summed E-state index contributed by atoms with van der Waals surface area (Å²) in [5.74, 6) is 0.627. The zero-order valence-electron chi connectivity index (χ0n) is 19.5. The third-order valence-corrected chi connectivity index (χ3v) is 6.53. The van der Waals surface area contributed by atoms with Gasteiger partial charge in [-0.15, -0.1) is 0 Å². The van der Waals surface area contributed by atoms with Crippen LogP contribution in [-0.2, 0) is 0 Å². The van der Waals surface area contributed by atoms with Gasteiger partial charge in [0.25, 0.3) is 5.91 Å². The number of aromatic nitrogens is 1. The van der Waals surface area contributed by atoms with Gasteiger partial charge in [-0.05, 0) is 73.2 Å². The third-order valence-electron chi connectivity index (χ3n) is 6.53. The second kappa shape index (κ2) is 7.69. The van der Waals surface area contributed by atoms with Gasteiger partial charge in [-0.3, -0.25) is 14.5 Å². The maximum atomic E-state index is 13.8. The van der Waals surface area contributed by atoms with E-state index in [-0.39, 0.29) is 17.1 Å². The summed E-state index contributed by atoms with van der Waals surface area (Å²) in [4.78, 5) is 33.6. The van der Waals surface area contributed by atoms with Gasteiger partial charge in [0.15, 0.2) is 5.43 Å². The van der Waals surface area contributed by atoms with Crippen LogP contribution in [-0.4, -0.2) is 10.9 Å². The lowest BCUT2D eigenvalue weighted by molar-refractivity contribution is 0.0970. The van der Waals surface area contributed by atoms with Gasteiger partial charge >= 0.3 is 0 Å². The quantitative estimate of drug-likeness (QED) is 0.394. The Bertz CT molecular complexity index is 1470. The lowest BCUT2D eigenvalue weighted by atomic mass is 9.95. The molecular formula is C28H26N2O3. The molecule has 0 bridgehead atoms. The van der Waals surface area contributed by atoms with Crippen LogP contribution in [0.2, 0.25) is 0 Å². The number of fused-ring (bicyclic) bond motifs is 2. The summed E-state index contributed by atoms with van der Waals surface area (Å²) in [6.45, 7) is 10.1. The Balaban J connectivity index is 1.80. The van der Waals surface area contributed by atoms with E-state index in [1.54, 1.807) is 11.0 Å². The fourth-order valence-electron chi connectivity index (χ4n) is 4.51. The zero-order chi connectivity index (χ0) is 23.4. The second-order valence-electron chi connectivity index (χ2n) is 9.14. The maximum Gasteiger partial charge on any atom is 0.296 e. The van der Waals surface area contributed by atoms with Crippen LogP contribution in [0.15, 0.2) is 63.8 Å². The number of aryl methyl sites for hydroxylation is 3. The molecule has 5 heteroatoms. The minimum Gasteiger partial charge on any atom is -0.450 e. The van der Waals surface area contributed by atoms with E-state index in [2.05, 4.69) is 31.0 Å². The van der Waals surface area contributed by atoms with E-state index in [4.69, 9.17) is 4.42 Å². The number of carbonyl (C=O) groups excluding carboxylic acids is 1. The average Bonchev–Trinajstić information content (AvgIpc) is 3.08. The lowest BCUT2D eigenvalue weighted by Gasteiger charge is -2.24. The molecule has 33 heavy (non-hydrogen) atoms. The average molecular weight is 439 g/mol. The molecule has 0 saturated heterocycles. The van der Waals surface area contributed by atoms with Gasteiger partial charge in [0.1, 0.15) is 11.4 Å². The number of carbonyl (C=O) groups is 1. The zero-order valence-corrected chi connectivity index (χ0v) is 19.5. The van der Waals surface area contributed by atoms with Crippen molar-refractivity contribution in [1.82, 2.24) is 4.98 Å². The number of rotatable bonds is 3. The van der Waals surface area contributed by atoms with E-state index < -0.39 is 6.04 Å². The Labute approximate surface area is 192 Å². The van der Waals surface area contributed by atoms with Crippen LogP contribution in [0.1, 0.15) is 69.9 Å². The fourth-order valence-corrected chi connectivity index (χ4v) is 4.51. The minimum absolute atomic E-state index is 0.0944. The van der Waals surface area contributed by atoms with E-state index in [0.717, 1.165) is 22.4 Å². The van der Waals surface area contributed by atoms with Gasteiger partial charge in [0.05, 0.1) is 17.0 Å². The van der Waals surface area contributed by atoms with Crippen molar-refractivity contribution in [3.63, 3.8) is 0 Å². The van der Waals surface area contributed by atoms with Crippen molar-refractivity contribution < 1.29 is 9.21 Å². The maximum absolute atomic E-state index is 13.8. The van der Waals surface area contributed by atoms with E-state index in [0.29, 0.717) is 28.3 Å². The highest BCUT2D eigenvalue weighted by atomic mass is 16.3. The topological polar surface area (TPSA) is 63.4 Å². The summed E-state index contributed by atoms with van der Waals surface area (Å²) < 4.78 is 6.11. The number of hydrogen-bond acceptors (Lipinski definition) is 4. The Morgan fingerprint density at radius 1 is 0.939 bits per heavy atom. The van der Waals surface area contributed by atoms with Crippen molar-refractivity contribution in [3.05, 3.63) is 104 Å². The molecule has 1 aliphatic rings. The largest absolute Gasteiger partial charge is 0.450 e. The monoisotopic (exact) mass is 438 g/mol. The number of pyridine rings is 1. The first kappa shape index (κ1) is 21.1. The predicted octanol–water partition coefficient (Wildman–Crippen LogP) is 5.99. The molecule has 3 heterocycles. The number of anilines is 1. The molecule has 0 N–H and O–H groups in total. The van der Waals surface area contributed by atoms with Gasteiger partial charge in [-0.1, -0.05) is 44.2 Å². The molecule has 5 rings (SSSR count). The highest BCUT2D eigenvalue weighted by molar-refractivity contribution is 6.10. The van der Waals surface area contributed by atoms with E-state index in [1.165, 1.54) is 5.56 Å². The molecule has 5 nitrogen and oxygen atoms in total. The Morgan fingerprint density at radius 2 is 1.64 bits per heavy atom. The molecule has 1 atom stereocenters. The smallest absolute Gasteiger partial charge is 0.296 e.